The predicted molar refractivity (Wildman–Crippen MR) is 47.3 cm³/mol. The van der Waals surface area contributed by atoms with E-state index in [-0.39, 0.29) is 126 Å². The molecule has 0 fully saturated rings. The van der Waals surface area contributed by atoms with Crippen LogP contribution < -0.4 is 0 Å². The van der Waals surface area contributed by atoms with E-state index in [0.717, 1.165) is 0 Å². The maximum absolute atomic E-state index is 0. The minimum absolute atomic E-state index is 0. The molecule has 0 aliphatic rings. The molecule has 0 saturated carbocycles. The molecule has 0 aliphatic heterocycles. The fraction of sp³-hybridized carbons (Fsp3) is 0. The Hall–Kier alpha value is 3.25. The zero-order chi connectivity index (χ0) is 0. The summed E-state index contributed by atoms with van der Waals surface area (Å²) in [6, 6.07) is 0. The fourth-order valence-electron chi connectivity index (χ4n) is 0. The topological polar surface area (TPSA) is 85.5 Å². The molecule has 11 heavy (non-hydrogen) atoms. The average molecular weight is 344 g/mol. The quantitative estimate of drug-likeness (QED) is 0.368. The molecule has 2 unspecified atom stereocenters. The van der Waals surface area contributed by atoms with E-state index in [0.29, 0.717) is 0 Å². The Morgan fingerprint density at radius 1 is 0.455 bits per heavy atom. The monoisotopic (exact) mass is 344 g/mol. The molecule has 0 aliphatic carbocycles. The van der Waals surface area contributed by atoms with Gasteiger partial charge in [-0.3, -0.25) is 0 Å². The first-order valence-corrected chi connectivity index (χ1v) is 0. The maximum atomic E-state index is 0. The van der Waals surface area contributed by atoms with Crippen LogP contribution in [0.15, 0.2) is 0 Å². The summed E-state index contributed by atoms with van der Waals surface area (Å²) in [7, 11) is 0. The standard InChI is InChI=1S/2Al.2Co.3O.2H3P.2Si/h;;;;;;;2*1H3;;/q2*+3;;;3*-2;;;;. The van der Waals surface area contributed by atoms with Crippen molar-refractivity contribution in [3.05, 3.63) is 0 Å². The van der Waals surface area contributed by atoms with E-state index in [9.17, 15) is 0 Å². The molecule has 0 rings (SSSR count). The smallest absolute Gasteiger partial charge is 2.00 e. The molecule has 2 atom stereocenters. The van der Waals surface area contributed by atoms with Crippen LogP contribution in [0.2, 0.25) is 0 Å². The van der Waals surface area contributed by atoms with E-state index in [4.69, 9.17) is 0 Å². The summed E-state index contributed by atoms with van der Waals surface area (Å²) in [5.41, 5.74) is 0. The minimum Gasteiger partial charge on any atom is -2.00 e. The van der Waals surface area contributed by atoms with Crippen LogP contribution in [0.5, 0.6) is 0 Å². The van der Waals surface area contributed by atoms with Crippen molar-refractivity contribution >= 4 is 76.5 Å². The van der Waals surface area contributed by atoms with Gasteiger partial charge in [-0.1, -0.05) is 0 Å². The molecule has 0 N–H and O–H groups in total. The van der Waals surface area contributed by atoms with Gasteiger partial charge in [-0.15, -0.1) is 0 Å². The Labute approximate surface area is 125 Å². The van der Waals surface area contributed by atoms with Gasteiger partial charge in [0.05, 0.1) is 0 Å². The molecule has 10 radical (unpaired) electrons. The van der Waals surface area contributed by atoms with E-state index in [1.807, 2.05) is 0 Å². The van der Waals surface area contributed by atoms with Gasteiger partial charge in [0.1, 0.15) is 0 Å². The molecular weight excluding hydrogens is 338 g/mol. The van der Waals surface area contributed by atoms with Crippen molar-refractivity contribution in [2.24, 2.45) is 0 Å². The summed E-state index contributed by atoms with van der Waals surface area (Å²) in [5.74, 6) is 0. The van der Waals surface area contributed by atoms with E-state index in [2.05, 4.69) is 0 Å². The van der Waals surface area contributed by atoms with Gasteiger partial charge in [0.15, 0.2) is 0 Å². The zero-order valence-electron chi connectivity index (χ0n) is 5.46. The second-order valence-corrected chi connectivity index (χ2v) is 0. The second kappa shape index (κ2) is 188. The van der Waals surface area contributed by atoms with E-state index in [1.165, 1.54) is 0 Å². The Bertz CT molecular complexity index is 25.3. The largest absolute Gasteiger partial charge is 3.00 e. The molecule has 11 heteroatoms. The van der Waals surface area contributed by atoms with Crippen LogP contribution in [0.3, 0.4) is 0 Å². The first kappa shape index (κ1) is 237. The van der Waals surface area contributed by atoms with E-state index < -0.39 is 0 Å². The third-order valence-corrected chi connectivity index (χ3v) is 0. The molecule has 0 saturated heterocycles. The van der Waals surface area contributed by atoms with Crippen molar-refractivity contribution in [2.45, 2.75) is 0 Å². The summed E-state index contributed by atoms with van der Waals surface area (Å²) in [4.78, 5) is 0. The Morgan fingerprint density at radius 3 is 0.455 bits per heavy atom. The molecule has 0 spiro atoms. The molecule has 66 valence electrons. The molecule has 0 aromatic rings. The first-order chi connectivity index (χ1) is 0. The van der Waals surface area contributed by atoms with Gasteiger partial charge in [-0.25, -0.2) is 0 Å². The van der Waals surface area contributed by atoms with Crippen molar-refractivity contribution in [3.63, 3.8) is 0 Å². The maximum Gasteiger partial charge on any atom is 3.00 e. The summed E-state index contributed by atoms with van der Waals surface area (Å²) < 4.78 is 0. The van der Waals surface area contributed by atoms with Gasteiger partial charge in [0.25, 0.3) is 0 Å². The summed E-state index contributed by atoms with van der Waals surface area (Å²) >= 11 is 0. The summed E-state index contributed by atoms with van der Waals surface area (Å²) in [5, 5.41) is 0. The first-order valence-electron chi connectivity index (χ1n) is 0. The van der Waals surface area contributed by atoms with Gasteiger partial charge < -0.3 is 16.4 Å². The van der Waals surface area contributed by atoms with Crippen molar-refractivity contribution in [1.29, 1.82) is 0 Å². The van der Waals surface area contributed by atoms with E-state index >= 15 is 0 Å². The Balaban J connectivity index is 0. The van der Waals surface area contributed by atoms with Gasteiger partial charge in [-0.05, 0) is 0 Å². The summed E-state index contributed by atoms with van der Waals surface area (Å²) in [6.45, 7) is 0. The van der Waals surface area contributed by atoms with Crippen molar-refractivity contribution in [2.75, 3.05) is 0 Å². The zero-order valence-corrected chi connectivity index (χ0v) is 14.7. The minimum atomic E-state index is 0. The van der Waals surface area contributed by atoms with Gasteiger partial charge in [0, 0.05) is 55.5 Å². The number of rotatable bonds is 0. The van der Waals surface area contributed by atoms with E-state index in [1.54, 1.807) is 0 Å². The van der Waals surface area contributed by atoms with Crippen molar-refractivity contribution in [1.82, 2.24) is 0 Å². The van der Waals surface area contributed by atoms with Gasteiger partial charge >= 0.3 is 34.7 Å². The van der Waals surface area contributed by atoms with Crippen LogP contribution in [0.1, 0.15) is 0 Å². The van der Waals surface area contributed by atoms with Gasteiger partial charge in [-0.2, -0.15) is 19.8 Å². The molecule has 0 aromatic carbocycles. The molecule has 3 nitrogen and oxygen atoms in total. The normalized spacial score (nSPS) is 0. The summed E-state index contributed by atoms with van der Waals surface area (Å²) in [6.07, 6.45) is 0. The second-order valence-electron chi connectivity index (χ2n) is 0. The third kappa shape index (κ3) is 159. The fourth-order valence-corrected chi connectivity index (χ4v) is 0. The van der Waals surface area contributed by atoms with Crippen LogP contribution in [0.25, 0.3) is 0 Å². The number of hydrogen-bond acceptors (Lipinski definition) is 0. The van der Waals surface area contributed by atoms with Crippen LogP contribution in [0, 0.1) is 0 Å². The average Bonchev–Trinajstić information content (AvgIpc) is 0. The van der Waals surface area contributed by atoms with Gasteiger partial charge in [0.2, 0.25) is 0 Å². The van der Waals surface area contributed by atoms with Crippen LogP contribution in [0.4, 0.5) is 0 Å². The Kier molecular flexibility index (Phi) is 4050. The molecule has 0 aromatic heterocycles. The molecule has 0 bridgehead atoms. The molecular formula is H6Al2Co2O3P2Si2. The Morgan fingerprint density at radius 2 is 0.455 bits per heavy atom. The van der Waals surface area contributed by atoms with Crippen molar-refractivity contribution in [3.8, 4) is 0 Å². The van der Waals surface area contributed by atoms with Crippen LogP contribution in [-0.4, -0.2) is 56.7 Å². The molecule has 0 heterocycles. The SMILES string of the molecule is P.P.[Al+3].[Al+3].[Co].[Co].[O-2].[O-2].[O-2].[Si].[Si]. The molecule has 0 amide bonds. The van der Waals surface area contributed by atoms with Crippen LogP contribution in [-0.2, 0) is 50.0 Å². The van der Waals surface area contributed by atoms with Crippen LogP contribution >= 0.6 is 19.8 Å². The third-order valence-electron chi connectivity index (χ3n) is 0. The number of hydrogen-bond donors (Lipinski definition) is 0. The van der Waals surface area contributed by atoms with Crippen molar-refractivity contribution < 1.29 is 50.0 Å². The predicted octanol–water partition coefficient (Wildman–Crippen LogP) is -1.77.